The molecule has 4 nitrogen and oxygen atoms in total. The number of rotatable bonds is 6. The van der Waals surface area contributed by atoms with Crippen LogP contribution in [0.25, 0.3) is 11.3 Å². The van der Waals surface area contributed by atoms with Crippen molar-refractivity contribution in [2.24, 2.45) is 0 Å². The number of benzene rings is 2. The Morgan fingerprint density at radius 3 is 2.57 bits per heavy atom. The lowest BCUT2D eigenvalue weighted by molar-refractivity contribution is 0.0924. The number of aliphatic hydroxyl groups excluding tert-OH is 1. The second-order valence-electron chi connectivity index (χ2n) is 5.24. The molecule has 0 aliphatic rings. The minimum Gasteiger partial charge on any atom is -0.491 e. The highest BCUT2D eigenvalue weighted by molar-refractivity contribution is 5.57. The third-order valence-corrected chi connectivity index (χ3v) is 3.38. The number of imidazole rings is 1. The summed E-state index contributed by atoms with van der Waals surface area (Å²) in [7, 11) is 0. The summed E-state index contributed by atoms with van der Waals surface area (Å²) in [6.07, 6.45) is 2.89. The molecule has 0 spiro atoms. The van der Waals surface area contributed by atoms with Gasteiger partial charge in [-0.2, -0.15) is 0 Å². The first kappa shape index (κ1) is 15.2. The third kappa shape index (κ3) is 4.17. The van der Waals surface area contributed by atoms with Crippen molar-refractivity contribution in [1.29, 1.82) is 0 Å². The molecule has 1 atom stereocenters. The van der Waals surface area contributed by atoms with Crippen molar-refractivity contribution in [2.45, 2.75) is 12.6 Å². The molecule has 0 bridgehead atoms. The van der Waals surface area contributed by atoms with Crippen molar-refractivity contribution in [3.63, 3.8) is 0 Å². The minimum atomic E-state index is -0.683. The molecule has 1 aromatic heterocycles. The van der Waals surface area contributed by atoms with Crippen molar-refractivity contribution in [2.75, 3.05) is 6.61 Å². The van der Waals surface area contributed by atoms with Gasteiger partial charge >= 0.3 is 0 Å². The molecule has 0 amide bonds. The first-order valence-corrected chi connectivity index (χ1v) is 7.34. The molecular weight excluding hydrogens is 295 g/mol. The number of halogens is 1. The lowest BCUT2D eigenvalue weighted by Gasteiger charge is -2.12. The molecule has 0 unspecified atom stereocenters. The monoisotopic (exact) mass is 312 g/mol. The van der Waals surface area contributed by atoms with Crippen LogP contribution >= 0.6 is 0 Å². The number of hydrogen-bond acceptors (Lipinski definition) is 3. The maximum absolute atomic E-state index is 12.8. The molecule has 0 radical (unpaired) electrons. The summed E-state index contributed by atoms with van der Waals surface area (Å²) >= 11 is 0. The summed E-state index contributed by atoms with van der Waals surface area (Å²) in [5.74, 6) is 0.214. The molecule has 5 heteroatoms. The molecule has 0 aliphatic heterocycles. The van der Waals surface area contributed by atoms with Crippen LogP contribution in [-0.4, -0.2) is 27.4 Å². The third-order valence-electron chi connectivity index (χ3n) is 3.38. The summed E-state index contributed by atoms with van der Waals surface area (Å²) < 4.78 is 20.1. The lowest BCUT2D eigenvalue weighted by Crippen LogP contribution is -2.23. The van der Waals surface area contributed by atoms with E-state index in [9.17, 15) is 9.50 Å². The Bertz CT molecular complexity index is 741. The zero-order chi connectivity index (χ0) is 16.1. The standard InChI is InChI=1S/C18H17FN2O2/c19-15-6-8-17(9-7-15)23-12-16(22)10-21-11-18(20-13-21)14-4-2-1-3-5-14/h1-9,11,13,16,22H,10,12H2/t16-/m1/s1. The maximum Gasteiger partial charge on any atom is 0.123 e. The zero-order valence-electron chi connectivity index (χ0n) is 12.5. The molecule has 1 heterocycles. The van der Waals surface area contributed by atoms with Crippen LogP contribution in [-0.2, 0) is 6.54 Å². The van der Waals surface area contributed by atoms with Gasteiger partial charge in [-0.3, -0.25) is 0 Å². The van der Waals surface area contributed by atoms with Gasteiger partial charge in [-0.05, 0) is 24.3 Å². The highest BCUT2D eigenvalue weighted by Crippen LogP contribution is 2.16. The summed E-state index contributed by atoms with van der Waals surface area (Å²) in [6.45, 7) is 0.505. The number of hydrogen-bond donors (Lipinski definition) is 1. The number of aliphatic hydroxyl groups is 1. The normalized spacial score (nSPS) is 12.1. The molecule has 0 fully saturated rings. The summed E-state index contributed by atoms with van der Waals surface area (Å²) in [4.78, 5) is 4.34. The summed E-state index contributed by atoms with van der Waals surface area (Å²) in [5, 5.41) is 10.1. The second-order valence-corrected chi connectivity index (χ2v) is 5.24. The van der Waals surface area contributed by atoms with Crippen LogP contribution in [0.15, 0.2) is 67.1 Å². The van der Waals surface area contributed by atoms with Crippen molar-refractivity contribution in [1.82, 2.24) is 9.55 Å². The predicted molar refractivity (Wildman–Crippen MR) is 85.6 cm³/mol. The average molecular weight is 312 g/mol. The van der Waals surface area contributed by atoms with E-state index < -0.39 is 6.10 Å². The largest absolute Gasteiger partial charge is 0.491 e. The van der Waals surface area contributed by atoms with Gasteiger partial charge in [-0.25, -0.2) is 9.37 Å². The topological polar surface area (TPSA) is 47.3 Å². The SMILES string of the molecule is O[C@@H](COc1ccc(F)cc1)Cn1cnc(-c2ccccc2)c1. The molecule has 3 aromatic rings. The zero-order valence-corrected chi connectivity index (χ0v) is 12.5. The van der Waals surface area contributed by atoms with Gasteiger partial charge < -0.3 is 14.4 Å². The van der Waals surface area contributed by atoms with Crippen molar-refractivity contribution in [3.8, 4) is 17.0 Å². The number of ether oxygens (including phenoxy) is 1. The quantitative estimate of drug-likeness (QED) is 0.761. The van der Waals surface area contributed by atoms with E-state index in [4.69, 9.17) is 4.74 Å². The summed E-state index contributed by atoms with van der Waals surface area (Å²) in [6, 6.07) is 15.6. The van der Waals surface area contributed by atoms with Crippen LogP contribution in [0.3, 0.4) is 0 Å². The van der Waals surface area contributed by atoms with Crippen molar-refractivity contribution >= 4 is 0 Å². The van der Waals surface area contributed by atoms with Gasteiger partial charge in [-0.15, -0.1) is 0 Å². The highest BCUT2D eigenvalue weighted by atomic mass is 19.1. The van der Waals surface area contributed by atoms with E-state index in [2.05, 4.69) is 4.98 Å². The van der Waals surface area contributed by atoms with Crippen LogP contribution in [0.5, 0.6) is 5.75 Å². The van der Waals surface area contributed by atoms with Crippen LogP contribution < -0.4 is 4.74 Å². The van der Waals surface area contributed by atoms with Gasteiger partial charge in [0.2, 0.25) is 0 Å². The molecule has 118 valence electrons. The number of nitrogens with zero attached hydrogens (tertiary/aromatic N) is 2. The first-order chi connectivity index (χ1) is 11.2. The predicted octanol–water partition coefficient (Wildman–Crippen LogP) is 3.13. The van der Waals surface area contributed by atoms with Crippen molar-refractivity contribution < 1.29 is 14.2 Å². The second kappa shape index (κ2) is 7.07. The molecule has 0 saturated carbocycles. The Balaban J connectivity index is 1.55. The van der Waals surface area contributed by atoms with Gasteiger partial charge in [0, 0.05) is 11.8 Å². The van der Waals surface area contributed by atoms with Gasteiger partial charge in [0.1, 0.15) is 24.3 Å². The van der Waals surface area contributed by atoms with Crippen LogP contribution in [0, 0.1) is 5.82 Å². The van der Waals surface area contributed by atoms with Crippen molar-refractivity contribution in [3.05, 3.63) is 72.9 Å². The van der Waals surface area contributed by atoms with Crippen LogP contribution in [0.4, 0.5) is 4.39 Å². The molecule has 3 rings (SSSR count). The van der Waals surface area contributed by atoms with Crippen LogP contribution in [0.1, 0.15) is 0 Å². The maximum atomic E-state index is 12.8. The fourth-order valence-electron chi connectivity index (χ4n) is 2.24. The molecule has 1 N–H and O–H groups in total. The fourth-order valence-corrected chi connectivity index (χ4v) is 2.24. The molecule has 23 heavy (non-hydrogen) atoms. The van der Waals surface area contributed by atoms with E-state index in [0.717, 1.165) is 11.3 Å². The van der Waals surface area contributed by atoms with E-state index in [-0.39, 0.29) is 12.4 Å². The van der Waals surface area contributed by atoms with E-state index in [0.29, 0.717) is 12.3 Å². The lowest BCUT2D eigenvalue weighted by atomic mass is 10.2. The summed E-state index contributed by atoms with van der Waals surface area (Å²) in [5.41, 5.74) is 1.89. The minimum absolute atomic E-state index is 0.129. The van der Waals surface area contributed by atoms with E-state index in [1.54, 1.807) is 6.33 Å². The van der Waals surface area contributed by atoms with Gasteiger partial charge in [0.15, 0.2) is 0 Å². The van der Waals surface area contributed by atoms with E-state index in [1.165, 1.54) is 24.3 Å². The van der Waals surface area contributed by atoms with Gasteiger partial charge in [0.25, 0.3) is 0 Å². The smallest absolute Gasteiger partial charge is 0.123 e. The van der Waals surface area contributed by atoms with E-state index in [1.807, 2.05) is 41.1 Å². The Morgan fingerprint density at radius 2 is 1.83 bits per heavy atom. The number of aromatic nitrogens is 2. The van der Waals surface area contributed by atoms with Crippen LogP contribution in [0.2, 0.25) is 0 Å². The Kier molecular flexibility index (Phi) is 4.68. The highest BCUT2D eigenvalue weighted by Gasteiger charge is 2.08. The fraction of sp³-hybridized carbons (Fsp3) is 0.167. The average Bonchev–Trinajstić information content (AvgIpc) is 3.04. The Labute approximate surface area is 133 Å². The Morgan fingerprint density at radius 1 is 1.09 bits per heavy atom. The molecule has 2 aromatic carbocycles. The molecular formula is C18H17FN2O2. The van der Waals surface area contributed by atoms with Gasteiger partial charge in [-0.1, -0.05) is 30.3 Å². The first-order valence-electron chi connectivity index (χ1n) is 7.34. The van der Waals surface area contributed by atoms with E-state index >= 15 is 0 Å². The molecule has 0 aliphatic carbocycles. The molecule has 0 saturated heterocycles. The Hall–Kier alpha value is -2.66. The van der Waals surface area contributed by atoms with Gasteiger partial charge in [0.05, 0.1) is 18.6 Å².